The van der Waals surface area contributed by atoms with Crippen LogP contribution in [-0.4, -0.2) is 0 Å². The summed E-state index contributed by atoms with van der Waals surface area (Å²) >= 11 is 0. The molecule has 0 aliphatic rings. The van der Waals surface area contributed by atoms with Crippen molar-refractivity contribution < 1.29 is 0 Å². The van der Waals surface area contributed by atoms with Gasteiger partial charge in [0.05, 0.1) is 13.1 Å². The van der Waals surface area contributed by atoms with Crippen LogP contribution in [0.15, 0.2) is 6.07 Å². The first-order chi connectivity index (χ1) is 7.19. The van der Waals surface area contributed by atoms with Crippen LogP contribution in [0.4, 0.5) is 11.4 Å². The Labute approximate surface area is 91.2 Å². The van der Waals surface area contributed by atoms with Gasteiger partial charge in [-0.2, -0.15) is 0 Å². The molecule has 1 aromatic rings. The van der Waals surface area contributed by atoms with Gasteiger partial charge in [0.2, 0.25) is 0 Å². The van der Waals surface area contributed by atoms with Crippen LogP contribution < -0.4 is 0 Å². The molecular formula is C13H14N2. The number of aryl methyl sites for hydroxylation is 2. The zero-order chi connectivity index (χ0) is 11.4. The van der Waals surface area contributed by atoms with E-state index in [1.165, 1.54) is 0 Å². The Kier molecular flexibility index (Phi) is 3.47. The van der Waals surface area contributed by atoms with Crippen LogP contribution in [0.3, 0.4) is 0 Å². The molecule has 0 bridgehead atoms. The van der Waals surface area contributed by atoms with Gasteiger partial charge in [-0.15, -0.1) is 0 Å². The van der Waals surface area contributed by atoms with E-state index in [2.05, 4.69) is 9.69 Å². The van der Waals surface area contributed by atoms with E-state index in [9.17, 15) is 0 Å². The van der Waals surface area contributed by atoms with Crippen LogP contribution in [0.5, 0.6) is 0 Å². The maximum atomic E-state index is 7.20. The van der Waals surface area contributed by atoms with Crippen molar-refractivity contribution in [1.29, 1.82) is 0 Å². The third-order valence-electron chi connectivity index (χ3n) is 2.60. The Morgan fingerprint density at radius 3 is 2.07 bits per heavy atom. The first-order valence-corrected chi connectivity index (χ1v) is 5.09. The van der Waals surface area contributed by atoms with Crippen LogP contribution in [0.1, 0.15) is 30.5 Å². The highest BCUT2D eigenvalue weighted by molar-refractivity contribution is 5.73. The molecule has 15 heavy (non-hydrogen) atoms. The maximum Gasteiger partial charge on any atom is 0.183 e. The van der Waals surface area contributed by atoms with Crippen LogP contribution in [0.25, 0.3) is 9.69 Å². The van der Waals surface area contributed by atoms with E-state index >= 15 is 0 Å². The third-order valence-corrected chi connectivity index (χ3v) is 2.60. The highest BCUT2D eigenvalue weighted by Gasteiger charge is 2.13. The zero-order valence-corrected chi connectivity index (χ0v) is 9.39. The molecule has 2 heteroatoms. The highest BCUT2D eigenvalue weighted by atomic mass is 14.7. The minimum absolute atomic E-state index is 0.667. The van der Waals surface area contributed by atoms with Crippen LogP contribution in [-0.2, 0) is 12.8 Å². The van der Waals surface area contributed by atoms with Gasteiger partial charge in [0.15, 0.2) is 11.4 Å². The van der Waals surface area contributed by atoms with Crippen molar-refractivity contribution in [3.8, 4) is 0 Å². The lowest BCUT2D eigenvalue weighted by Crippen LogP contribution is -1.91. The summed E-state index contributed by atoms with van der Waals surface area (Å²) in [6.45, 7) is 20.3. The zero-order valence-electron chi connectivity index (χ0n) is 9.39. The summed E-state index contributed by atoms with van der Waals surface area (Å²) in [5, 5.41) is 0. The standard InChI is InChI=1S/C13H14N2/c1-6-10-8-9(3)12(14-4)11(7-2)13(10)15-5/h8H,6-7H2,1-3H3. The topological polar surface area (TPSA) is 8.72 Å². The molecule has 0 N–H and O–H groups in total. The van der Waals surface area contributed by atoms with Gasteiger partial charge in [-0.3, -0.25) is 0 Å². The number of hydrogen-bond donors (Lipinski definition) is 0. The minimum Gasteiger partial charge on any atom is -0.239 e. The molecule has 0 amide bonds. The lowest BCUT2D eigenvalue weighted by molar-refractivity contribution is 1.09. The van der Waals surface area contributed by atoms with Crippen LogP contribution in [0, 0.1) is 20.1 Å². The summed E-state index contributed by atoms with van der Waals surface area (Å²) in [7, 11) is 0. The van der Waals surface area contributed by atoms with Crippen molar-refractivity contribution in [2.24, 2.45) is 0 Å². The molecule has 2 nitrogen and oxygen atoms in total. The fourth-order valence-corrected chi connectivity index (χ4v) is 1.84. The molecule has 0 heterocycles. The molecule has 0 spiro atoms. The fraction of sp³-hybridized carbons (Fsp3) is 0.385. The second-order valence-corrected chi connectivity index (χ2v) is 3.46. The molecular weight excluding hydrogens is 184 g/mol. The largest absolute Gasteiger partial charge is 0.239 e. The van der Waals surface area contributed by atoms with Crippen molar-refractivity contribution in [3.63, 3.8) is 0 Å². The molecule has 76 valence electrons. The maximum absolute atomic E-state index is 7.20. The Morgan fingerprint density at radius 1 is 1.07 bits per heavy atom. The van der Waals surface area contributed by atoms with E-state index in [4.69, 9.17) is 13.1 Å². The second kappa shape index (κ2) is 4.62. The Hall–Kier alpha value is -1.80. The summed E-state index contributed by atoms with van der Waals surface area (Å²) in [6.07, 6.45) is 1.61. The number of benzene rings is 1. The minimum atomic E-state index is 0.667. The predicted octanol–water partition coefficient (Wildman–Crippen LogP) is 4.22. The first kappa shape index (κ1) is 11.3. The van der Waals surface area contributed by atoms with Gasteiger partial charge in [0.1, 0.15) is 0 Å². The van der Waals surface area contributed by atoms with Crippen molar-refractivity contribution in [3.05, 3.63) is 45.6 Å². The monoisotopic (exact) mass is 198 g/mol. The van der Waals surface area contributed by atoms with E-state index in [1.807, 2.05) is 26.8 Å². The summed E-state index contributed by atoms with van der Waals surface area (Å²) < 4.78 is 0. The lowest BCUT2D eigenvalue weighted by Gasteiger charge is -2.11. The van der Waals surface area contributed by atoms with Gasteiger partial charge in [-0.05, 0) is 36.5 Å². The molecule has 0 saturated carbocycles. The Balaban J connectivity index is 3.63. The summed E-state index contributed by atoms with van der Waals surface area (Å²) in [5.74, 6) is 0. The van der Waals surface area contributed by atoms with Gasteiger partial charge >= 0.3 is 0 Å². The van der Waals surface area contributed by atoms with Gasteiger partial charge < -0.3 is 0 Å². The number of hydrogen-bond acceptors (Lipinski definition) is 0. The first-order valence-electron chi connectivity index (χ1n) is 5.09. The van der Waals surface area contributed by atoms with E-state index in [-0.39, 0.29) is 0 Å². The molecule has 0 radical (unpaired) electrons. The molecule has 0 aliphatic heterocycles. The molecule has 0 fully saturated rings. The second-order valence-electron chi connectivity index (χ2n) is 3.46. The quantitative estimate of drug-likeness (QED) is 0.629. The lowest BCUT2D eigenvalue weighted by atomic mass is 9.97. The van der Waals surface area contributed by atoms with E-state index in [0.717, 1.165) is 29.5 Å². The fourth-order valence-electron chi connectivity index (χ4n) is 1.84. The van der Waals surface area contributed by atoms with Crippen molar-refractivity contribution in [2.75, 3.05) is 0 Å². The van der Waals surface area contributed by atoms with Crippen molar-refractivity contribution >= 4 is 11.4 Å². The van der Waals surface area contributed by atoms with E-state index < -0.39 is 0 Å². The van der Waals surface area contributed by atoms with E-state index in [0.29, 0.717) is 11.4 Å². The summed E-state index contributed by atoms with van der Waals surface area (Å²) in [4.78, 5) is 7.10. The molecule has 1 rings (SSSR count). The number of nitrogens with zero attached hydrogens (tertiary/aromatic N) is 2. The van der Waals surface area contributed by atoms with Crippen molar-refractivity contribution in [2.45, 2.75) is 33.6 Å². The highest BCUT2D eigenvalue weighted by Crippen LogP contribution is 2.36. The average molecular weight is 198 g/mol. The van der Waals surface area contributed by atoms with Gasteiger partial charge in [-0.1, -0.05) is 19.9 Å². The molecule has 0 atom stereocenters. The molecule has 0 saturated heterocycles. The van der Waals surface area contributed by atoms with Gasteiger partial charge in [0.25, 0.3) is 0 Å². The molecule has 0 aromatic heterocycles. The summed E-state index contributed by atoms with van der Waals surface area (Å²) in [6, 6.07) is 1.97. The van der Waals surface area contributed by atoms with Gasteiger partial charge in [0, 0.05) is 0 Å². The third kappa shape index (κ3) is 1.85. The van der Waals surface area contributed by atoms with E-state index in [1.54, 1.807) is 0 Å². The number of rotatable bonds is 2. The smallest absolute Gasteiger partial charge is 0.183 e. The predicted molar refractivity (Wildman–Crippen MR) is 62.5 cm³/mol. The summed E-state index contributed by atoms with van der Waals surface area (Å²) in [5.41, 5.74) is 4.33. The molecule has 1 aromatic carbocycles. The van der Waals surface area contributed by atoms with Gasteiger partial charge in [-0.25, -0.2) is 9.69 Å². The molecule has 0 unspecified atom stereocenters. The average Bonchev–Trinajstić information content (AvgIpc) is 2.27. The van der Waals surface area contributed by atoms with Crippen molar-refractivity contribution in [1.82, 2.24) is 0 Å². The van der Waals surface area contributed by atoms with Crippen LogP contribution in [0.2, 0.25) is 0 Å². The normalized spacial score (nSPS) is 9.40. The Bertz CT molecular complexity index is 459. The van der Waals surface area contributed by atoms with Crippen LogP contribution >= 0.6 is 0 Å². The Morgan fingerprint density at radius 2 is 1.67 bits per heavy atom. The molecule has 0 aliphatic carbocycles. The SMILES string of the molecule is [C-]#[N+]c1c(C)cc(CC)c([N+]#[C-])c1CC.